The molecule has 0 radical (unpaired) electrons. The molecule has 0 bridgehead atoms. The summed E-state index contributed by atoms with van der Waals surface area (Å²) in [4.78, 5) is 35.3. The lowest BCUT2D eigenvalue weighted by Crippen LogP contribution is -2.50. The Labute approximate surface area is 240 Å². The number of carbonyl (C=O) groups is 2. The monoisotopic (exact) mass is 592 g/mol. The number of nitrogens with zero attached hydrogens (tertiary/aromatic N) is 6. The molecule has 5 rings (SSSR count). The highest BCUT2D eigenvalue weighted by molar-refractivity contribution is 6.31. The van der Waals surface area contributed by atoms with E-state index in [9.17, 15) is 22.8 Å². The van der Waals surface area contributed by atoms with Crippen molar-refractivity contribution < 1.29 is 27.5 Å². The largest absolute Gasteiger partial charge is 0.444 e. The fourth-order valence-electron chi connectivity index (χ4n) is 5.41. The van der Waals surface area contributed by atoms with E-state index in [4.69, 9.17) is 16.3 Å². The molecule has 0 saturated carbocycles. The van der Waals surface area contributed by atoms with Gasteiger partial charge in [0, 0.05) is 30.9 Å². The summed E-state index contributed by atoms with van der Waals surface area (Å²) in [6.07, 6.45) is -5.99. The third kappa shape index (κ3) is 5.53. The minimum atomic E-state index is -4.63. The van der Waals surface area contributed by atoms with Crippen molar-refractivity contribution in [2.75, 3.05) is 24.5 Å². The second-order valence-electron chi connectivity index (χ2n) is 11.4. The zero-order valence-electron chi connectivity index (χ0n) is 23.5. The predicted octanol–water partition coefficient (Wildman–Crippen LogP) is 5.53. The van der Waals surface area contributed by atoms with Gasteiger partial charge in [0.2, 0.25) is 0 Å². The summed E-state index contributed by atoms with van der Waals surface area (Å²) in [5.41, 5.74) is 3.60. The van der Waals surface area contributed by atoms with Crippen LogP contribution < -0.4 is 4.90 Å². The predicted molar refractivity (Wildman–Crippen MR) is 147 cm³/mol. The van der Waals surface area contributed by atoms with Crippen molar-refractivity contribution in [2.24, 2.45) is 0 Å². The molecule has 2 aromatic heterocycles. The van der Waals surface area contributed by atoms with Crippen LogP contribution in [0.25, 0.3) is 5.65 Å². The summed E-state index contributed by atoms with van der Waals surface area (Å²) in [6.45, 7) is 8.98. The zero-order valence-corrected chi connectivity index (χ0v) is 24.3. The van der Waals surface area contributed by atoms with Gasteiger partial charge in [-0.1, -0.05) is 23.7 Å². The summed E-state index contributed by atoms with van der Waals surface area (Å²) in [6, 6.07) is 4.87. The maximum absolute atomic E-state index is 14.0. The van der Waals surface area contributed by atoms with Crippen LogP contribution in [0.1, 0.15) is 60.2 Å². The van der Waals surface area contributed by atoms with Crippen molar-refractivity contribution in [1.82, 2.24) is 24.4 Å². The number of anilines is 1. The van der Waals surface area contributed by atoms with Crippen molar-refractivity contribution in [3.8, 4) is 0 Å². The molecule has 0 N–H and O–H groups in total. The molecule has 1 fully saturated rings. The molecule has 220 valence electrons. The number of ether oxygens (including phenoxy) is 1. The van der Waals surface area contributed by atoms with E-state index in [0.717, 1.165) is 21.9 Å². The topological polar surface area (TPSA) is 83.3 Å². The fraction of sp³-hybridized carbons (Fsp3) is 0.500. The number of alkyl halides is 3. The Morgan fingerprint density at radius 3 is 2.44 bits per heavy atom. The molecule has 4 heterocycles. The van der Waals surface area contributed by atoms with E-state index < -0.39 is 23.9 Å². The average Bonchev–Trinajstić information content (AvgIpc) is 3.35. The Hall–Kier alpha value is -3.54. The molecule has 9 nitrogen and oxygen atoms in total. The fourth-order valence-corrected chi connectivity index (χ4v) is 5.53. The number of rotatable bonds is 2. The van der Waals surface area contributed by atoms with Gasteiger partial charge in [-0.15, -0.1) is 0 Å². The van der Waals surface area contributed by atoms with Gasteiger partial charge >= 0.3 is 12.3 Å². The number of para-hydroxylation sites is 1. The second-order valence-corrected chi connectivity index (χ2v) is 11.8. The zero-order chi connectivity index (χ0) is 29.9. The molecular formula is C28H32ClF3N6O3. The number of fused-ring (bicyclic) bond motifs is 3. The Kier molecular flexibility index (Phi) is 7.33. The first kappa shape index (κ1) is 29.0. The molecular weight excluding hydrogens is 561 g/mol. The lowest BCUT2D eigenvalue weighted by Gasteiger charge is -2.32. The van der Waals surface area contributed by atoms with Crippen LogP contribution in [0.15, 0.2) is 24.3 Å². The summed E-state index contributed by atoms with van der Waals surface area (Å²) in [5, 5.41) is 5.17. The molecule has 0 aliphatic carbocycles. The Morgan fingerprint density at radius 2 is 1.76 bits per heavy atom. The lowest BCUT2D eigenvalue weighted by atomic mass is 10.1. The van der Waals surface area contributed by atoms with Gasteiger partial charge in [0.1, 0.15) is 11.6 Å². The van der Waals surface area contributed by atoms with Crippen molar-refractivity contribution in [3.63, 3.8) is 0 Å². The van der Waals surface area contributed by atoms with Gasteiger partial charge in [0.25, 0.3) is 5.91 Å². The number of aryl methyl sites for hydroxylation is 2. The maximum atomic E-state index is 14.0. The van der Waals surface area contributed by atoms with E-state index in [1.165, 1.54) is 0 Å². The first-order valence-corrected chi connectivity index (χ1v) is 13.8. The van der Waals surface area contributed by atoms with Crippen LogP contribution in [0, 0.1) is 13.8 Å². The molecule has 13 heteroatoms. The standard InChI is InChI=1S/C28H32ClF3N6O3/c1-16-23(29)17(2)38-24(33-16)19-14-36(15-20(19)34-38)25(39)18-8-6-7-9-21(18)35-11-10-22(28(30,31)32)37(13-12-35)26(40)41-27(3,4)5/h6-9,22H,10-15H2,1-5H3. The summed E-state index contributed by atoms with van der Waals surface area (Å²) < 4.78 is 49.1. The normalized spacial score (nSPS) is 18.1. The second kappa shape index (κ2) is 10.4. The van der Waals surface area contributed by atoms with E-state index in [1.807, 2.05) is 13.8 Å². The van der Waals surface area contributed by atoms with E-state index >= 15 is 0 Å². The first-order valence-electron chi connectivity index (χ1n) is 13.4. The molecule has 1 saturated heterocycles. The van der Waals surface area contributed by atoms with Crippen LogP contribution in [0.3, 0.4) is 0 Å². The molecule has 2 aliphatic rings. The van der Waals surface area contributed by atoms with Gasteiger partial charge in [-0.2, -0.15) is 18.3 Å². The van der Waals surface area contributed by atoms with Crippen molar-refractivity contribution in [2.45, 2.75) is 71.9 Å². The van der Waals surface area contributed by atoms with Crippen LogP contribution in [-0.2, 0) is 17.8 Å². The molecule has 1 atom stereocenters. The smallest absolute Gasteiger partial charge is 0.410 e. The van der Waals surface area contributed by atoms with Gasteiger partial charge in [-0.3, -0.25) is 9.69 Å². The highest BCUT2D eigenvalue weighted by Crippen LogP contribution is 2.34. The first-order chi connectivity index (χ1) is 19.2. The number of benzene rings is 1. The van der Waals surface area contributed by atoms with Crippen LogP contribution >= 0.6 is 11.6 Å². The highest BCUT2D eigenvalue weighted by Gasteiger charge is 2.47. The number of halogens is 4. The molecule has 2 amide bonds. The number of hydrogen-bond acceptors (Lipinski definition) is 6. The van der Waals surface area contributed by atoms with Crippen LogP contribution in [-0.4, -0.2) is 73.9 Å². The molecule has 3 aromatic rings. The third-order valence-corrected chi connectivity index (χ3v) is 7.93. The Balaban J connectivity index is 1.39. The molecule has 0 spiro atoms. The molecule has 1 aromatic carbocycles. The SMILES string of the molecule is Cc1nc2c3c(nn2c(C)c1Cl)CN(C(=O)c1ccccc1N1CCC(C(F)(F)F)N(C(=O)OC(C)(C)C)CC1)C3. The number of carbonyl (C=O) groups excluding carboxylic acids is 2. The van der Waals surface area contributed by atoms with E-state index in [1.54, 1.807) is 59.4 Å². The van der Waals surface area contributed by atoms with Crippen molar-refractivity contribution in [3.05, 3.63) is 57.5 Å². The lowest BCUT2D eigenvalue weighted by molar-refractivity contribution is -0.180. The minimum Gasteiger partial charge on any atom is -0.444 e. The van der Waals surface area contributed by atoms with Crippen LogP contribution in [0.5, 0.6) is 0 Å². The highest BCUT2D eigenvalue weighted by atomic mass is 35.5. The Bertz CT molecular complexity index is 1520. The summed E-state index contributed by atoms with van der Waals surface area (Å²) in [7, 11) is 0. The minimum absolute atomic E-state index is 0.00506. The average molecular weight is 593 g/mol. The Morgan fingerprint density at radius 1 is 1.05 bits per heavy atom. The number of aromatic nitrogens is 3. The van der Waals surface area contributed by atoms with Crippen LogP contribution in [0.4, 0.5) is 23.7 Å². The quantitative estimate of drug-likeness (QED) is 0.389. The molecule has 1 unspecified atom stereocenters. The summed E-state index contributed by atoms with van der Waals surface area (Å²) in [5.74, 6) is -0.264. The van der Waals surface area contributed by atoms with E-state index in [0.29, 0.717) is 34.2 Å². The maximum Gasteiger partial charge on any atom is 0.410 e. The van der Waals surface area contributed by atoms with Crippen molar-refractivity contribution >= 4 is 34.9 Å². The van der Waals surface area contributed by atoms with E-state index in [-0.39, 0.29) is 38.5 Å². The molecule has 2 aliphatic heterocycles. The molecule has 41 heavy (non-hydrogen) atoms. The summed E-state index contributed by atoms with van der Waals surface area (Å²) >= 11 is 6.35. The van der Waals surface area contributed by atoms with Gasteiger partial charge in [0.05, 0.1) is 40.8 Å². The van der Waals surface area contributed by atoms with Gasteiger partial charge in [-0.05, 0) is 53.2 Å². The van der Waals surface area contributed by atoms with Gasteiger partial charge in [-0.25, -0.2) is 14.3 Å². The van der Waals surface area contributed by atoms with Gasteiger partial charge in [0.15, 0.2) is 5.65 Å². The van der Waals surface area contributed by atoms with Gasteiger partial charge < -0.3 is 14.5 Å². The number of hydrogen-bond donors (Lipinski definition) is 0. The third-order valence-electron chi connectivity index (χ3n) is 7.38. The van der Waals surface area contributed by atoms with E-state index in [2.05, 4.69) is 10.1 Å². The number of amides is 2. The van der Waals surface area contributed by atoms with Crippen LogP contribution in [0.2, 0.25) is 5.02 Å². The van der Waals surface area contributed by atoms with Crippen molar-refractivity contribution in [1.29, 1.82) is 0 Å².